The van der Waals surface area contributed by atoms with Crippen molar-refractivity contribution in [2.75, 3.05) is 6.54 Å². The Morgan fingerprint density at radius 1 is 1.56 bits per heavy atom. The average Bonchev–Trinajstić information content (AvgIpc) is 2.25. The maximum atomic E-state index is 11.7. The Balaban J connectivity index is 2.57. The predicted octanol–water partition coefficient (Wildman–Crippen LogP) is 1.14. The Morgan fingerprint density at radius 3 is 2.81 bits per heavy atom. The molecule has 0 radical (unpaired) electrons. The van der Waals surface area contributed by atoms with Crippen LogP contribution in [0.25, 0.3) is 0 Å². The minimum atomic E-state index is -0.520. The summed E-state index contributed by atoms with van der Waals surface area (Å²) in [7, 11) is 0. The standard InChI is InChI=1S/C12H18N2O2/c1-8(2)10(15)7-14-12(16)11-9(3)5-4-6-13-11/h4-6,8,10,15H,7H2,1-3H3,(H,14,16). The van der Waals surface area contributed by atoms with Gasteiger partial charge in [0.05, 0.1) is 6.10 Å². The van der Waals surface area contributed by atoms with Crippen LogP contribution in [0.5, 0.6) is 0 Å². The molecule has 1 heterocycles. The van der Waals surface area contributed by atoms with E-state index in [9.17, 15) is 9.90 Å². The van der Waals surface area contributed by atoms with Crippen molar-refractivity contribution in [3.8, 4) is 0 Å². The zero-order valence-electron chi connectivity index (χ0n) is 9.90. The van der Waals surface area contributed by atoms with Crippen LogP contribution in [0, 0.1) is 12.8 Å². The van der Waals surface area contributed by atoms with Crippen LogP contribution in [0.2, 0.25) is 0 Å². The summed E-state index contributed by atoms with van der Waals surface area (Å²) in [6.07, 6.45) is 1.06. The van der Waals surface area contributed by atoms with E-state index < -0.39 is 6.10 Å². The van der Waals surface area contributed by atoms with Gasteiger partial charge in [-0.05, 0) is 24.5 Å². The lowest BCUT2D eigenvalue weighted by Gasteiger charge is -2.15. The number of aliphatic hydroxyl groups is 1. The number of hydrogen-bond donors (Lipinski definition) is 2. The number of aliphatic hydroxyl groups excluding tert-OH is 1. The highest BCUT2D eigenvalue weighted by Gasteiger charge is 2.13. The molecule has 0 aliphatic rings. The molecular formula is C12H18N2O2. The topological polar surface area (TPSA) is 62.2 Å². The number of carbonyl (C=O) groups is 1. The van der Waals surface area contributed by atoms with Crippen LogP contribution < -0.4 is 5.32 Å². The minimum Gasteiger partial charge on any atom is -0.391 e. The van der Waals surface area contributed by atoms with E-state index in [0.29, 0.717) is 5.69 Å². The van der Waals surface area contributed by atoms with Crippen molar-refractivity contribution in [1.82, 2.24) is 10.3 Å². The molecule has 0 bridgehead atoms. The number of nitrogens with one attached hydrogen (secondary N) is 1. The number of rotatable bonds is 4. The zero-order valence-corrected chi connectivity index (χ0v) is 9.90. The number of pyridine rings is 1. The summed E-state index contributed by atoms with van der Waals surface area (Å²) < 4.78 is 0. The van der Waals surface area contributed by atoms with Gasteiger partial charge in [-0.2, -0.15) is 0 Å². The number of aryl methyl sites for hydroxylation is 1. The van der Waals surface area contributed by atoms with Crippen LogP contribution in [0.4, 0.5) is 0 Å². The minimum absolute atomic E-state index is 0.130. The number of carbonyl (C=O) groups excluding carboxylic acids is 1. The number of aromatic nitrogens is 1. The quantitative estimate of drug-likeness (QED) is 0.803. The first kappa shape index (κ1) is 12.6. The van der Waals surface area contributed by atoms with Crippen molar-refractivity contribution in [2.45, 2.75) is 26.9 Å². The molecule has 4 heteroatoms. The molecule has 4 nitrogen and oxygen atoms in total. The molecule has 0 fully saturated rings. The molecular weight excluding hydrogens is 204 g/mol. The normalized spacial score (nSPS) is 12.6. The lowest BCUT2D eigenvalue weighted by Crippen LogP contribution is -2.35. The van der Waals surface area contributed by atoms with E-state index >= 15 is 0 Å². The van der Waals surface area contributed by atoms with Crippen molar-refractivity contribution in [3.63, 3.8) is 0 Å². The van der Waals surface area contributed by atoms with Crippen molar-refractivity contribution in [3.05, 3.63) is 29.6 Å². The fourth-order valence-electron chi connectivity index (χ4n) is 1.24. The van der Waals surface area contributed by atoms with E-state index in [1.165, 1.54) is 0 Å². The third kappa shape index (κ3) is 3.31. The first-order chi connectivity index (χ1) is 7.52. The largest absolute Gasteiger partial charge is 0.391 e. The first-order valence-corrected chi connectivity index (χ1v) is 5.40. The zero-order chi connectivity index (χ0) is 12.1. The lowest BCUT2D eigenvalue weighted by atomic mass is 10.1. The highest BCUT2D eigenvalue weighted by molar-refractivity contribution is 5.93. The third-order valence-electron chi connectivity index (χ3n) is 2.47. The molecule has 88 valence electrons. The highest BCUT2D eigenvalue weighted by Crippen LogP contribution is 2.03. The second-order valence-corrected chi connectivity index (χ2v) is 4.19. The molecule has 16 heavy (non-hydrogen) atoms. The van der Waals surface area contributed by atoms with Gasteiger partial charge in [-0.3, -0.25) is 9.78 Å². The molecule has 0 spiro atoms. The van der Waals surface area contributed by atoms with Gasteiger partial charge in [0, 0.05) is 12.7 Å². The SMILES string of the molecule is Cc1cccnc1C(=O)NCC(O)C(C)C. The molecule has 0 aliphatic heterocycles. The molecule has 1 atom stereocenters. The van der Waals surface area contributed by atoms with E-state index in [0.717, 1.165) is 5.56 Å². The van der Waals surface area contributed by atoms with Crippen LogP contribution >= 0.6 is 0 Å². The summed E-state index contributed by atoms with van der Waals surface area (Å²) in [6.45, 7) is 5.90. The van der Waals surface area contributed by atoms with Crippen LogP contribution in [0.3, 0.4) is 0 Å². The van der Waals surface area contributed by atoms with Crippen molar-refractivity contribution >= 4 is 5.91 Å². The van der Waals surface area contributed by atoms with Crippen molar-refractivity contribution in [1.29, 1.82) is 0 Å². The summed E-state index contributed by atoms with van der Waals surface area (Å²) in [4.78, 5) is 15.7. The fraction of sp³-hybridized carbons (Fsp3) is 0.500. The molecule has 0 aromatic carbocycles. The molecule has 2 N–H and O–H groups in total. The summed E-state index contributed by atoms with van der Waals surface area (Å²) in [6, 6.07) is 3.62. The lowest BCUT2D eigenvalue weighted by molar-refractivity contribution is 0.0866. The Kier molecular flexibility index (Phi) is 4.43. The van der Waals surface area contributed by atoms with Crippen molar-refractivity contribution in [2.24, 2.45) is 5.92 Å². The second-order valence-electron chi connectivity index (χ2n) is 4.19. The molecule has 0 aliphatic carbocycles. The van der Waals surface area contributed by atoms with Crippen molar-refractivity contribution < 1.29 is 9.90 Å². The Labute approximate surface area is 95.7 Å². The molecule has 1 unspecified atom stereocenters. The van der Waals surface area contributed by atoms with Crippen LogP contribution in [0.1, 0.15) is 29.9 Å². The fourth-order valence-corrected chi connectivity index (χ4v) is 1.24. The summed E-state index contributed by atoms with van der Waals surface area (Å²) >= 11 is 0. The molecule has 1 rings (SSSR count). The smallest absolute Gasteiger partial charge is 0.270 e. The van der Waals surface area contributed by atoms with Gasteiger partial charge in [0.15, 0.2) is 0 Å². The average molecular weight is 222 g/mol. The van der Waals surface area contributed by atoms with Crippen LogP contribution in [-0.2, 0) is 0 Å². The van der Waals surface area contributed by atoms with Gasteiger partial charge in [-0.15, -0.1) is 0 Å². The third-order valence-corrected chi connectivity index (χ3v) is 2.47. The highest BCUT2D eigenvalue weighted by atomic mass is 16.3. The van der Waals surface area contributed by atoms with Crippen LogP contribution in [-0.4, -0.2) is 28.6 Å². The Morgan fingerprint density at radius 2 is 2.25 bits per heavy atom. The number of hydrogen-bond acceptors (Lipinski definition) is 3. The van der Waals surface area contributed by atoms with Gasteiger partial charge in [-0.25, -0.2) is 0 Å². The molecule has 0 saturated heterocycles. The van der Waals surface area contributed by atoms with Gasteiger partial charge < -0.3 is 10.4 Å². The number of nitrogens with zero attached hydrogens (tertiary/aromatic N) is 1. The number of amides is 1. The maximum Gasteiger partial charge on any atom is 0.270 e. The van der Waals surface area contributed by atoms with Gasteiger partial charge in [0.2, 0.25) is 0 Å². The van der Waals surface area contributed by atoms with E-state index in [4.69, 9.17) is 0 Å². The molecule has 1 aromatic rings. The van der Waals surface area contributed by atoms with Crippen LogP contribution in [0.15, 0.2) is 18.3 Å². The van der Waals surface area contributed by atoms with Gasteiger partial charge in [0.25, 0.3) is 5.91 Å². The van der Waals surface area contributed by atoms with Gasteiger partial charge >= 0.3 is 0 Å². The summed E-state index contributed by atoms with van der Waals surface area (Å²) in [5.41, 5.74) is 1.25. The summed E-state index contributed by atoms with van der Waals surface area (Å²) in [5.74, 6) is -0.108. The Hall–Kier alpha value is -1.42. The van der Waals surface area contributed by atoms with E-state index in [1.807, 2.05) is 26.8 Å². The van der Waals surface area contributed by atoms with E-state index in [2.05, 4.69) is 10.3 Å². The molecule has 1 aromatic heterocycles. The first-order valence-electron chi connectivity index (χ1n) is 5.40. The molecule has 1 amide bonds. The monoisotopic (exact) mass is 222 g/mol. The summed E-state index contributed by atoms with van der Waals surface area (Å²) in [5, 5.41) is 12.2. The Bertz CT molecular complexity index is 364. The predicted molar refractivity (Wildman–Crippen MR) is 62.2 cm³/mol. The maximum absolute atomic E-state index is 11.7. The van der Waals surface area contributed by atoms with Gasteiger partial charge in [-0.1, -0.05) is 19.9 Å². The molecule has 0 saturated carbocycles. The van der Waals surface area contributed by atoms with Gasteiger partial charge in [0.1, 0.15) is 5.69 Å². The van der Waals surface area contributed by atoms with E-state index in [-0.39, 0.29) is 18.4 Å². The second kappa shape index (κ2) is 5.61. The van der Waals surface area contributed by atoms with E-state index in [1.54, 1.807) is 12.3 Å².